The number of carbonyl (C=O) groups excluding carboxylic acids is 2. The Morgan fingerprint density at radius 1 is 1.00 bits per heavy atom. The molecule has 12 nitrogen and oxygen atoms in total. The number of thioether (sulfide) groups is 1. The molecule has 53 heavy (non-hydrogen) atoms. The second-order valence-corrected chi connectivity index (χ2v) is 16.8. The molecule has 0 bridgehead atoms. The number of furan rings is 1. The summed E-state index contributed by atoms with van der Waals surface area (Å²) >= 11 is 1.51. The molecule has 3 aromatic carbocycles. The molecular formula is C39H47N3O9S2. The van der Waals surface area contributed by atoms with Gasteiger partial charge in [0.15, 0.2) is 6.29 Å². The fraction of sp³-hybridized carbons (Fsp3) is 0.436. The lowest BCUT2D eigenvalue weighted by molar-refractivity contribution is -0.118. The second kappa shape index (κ2) is 17.9. The topological polar surface area (TPSA) is 157 Å². The summed E-state index contributed by atoms with van der Waals surface area (Å²) in [6.07, 6.45) is -0.404. The molecule has 4 aromatic rings. The first-order valence-corrected chi connectivity index (χ1v) is 20.5. The number of fused-ring (bicyclic) bond motifs is 2. The highest BCUT2D eigenvalue weighted by atomic mass is 32.2. The van der Waals surface area contributed by atoms with E-state index in [0.29, 0.717) is 28.9 Å². The van der Waals surface area contributed by atoms with Crippen molar-refractivity contribution in [1.29, 1.82) is 0 Å². The number of ether oxygens (including phenoxy) is 3. The average molecular weight is 766 g/mol. The number of alkyl carbamates (subject to hydrolysis) is 1. The maximum absolute atomic E-state index is 14.3. The average Bonchev–Trinajstić information content (AvgIpc) is 3.88. The normalized spacial score (nSPS) is 19.7. The zero-order chi connectivity index (χ0) is 37.4. The van der Waals surface area contributed by atoms with Crippen molar-refractivity contribution in [2.75, 3.05) is 32.1 Å². The fourth-order valence-electron chi connectivity index (χ4n) is 6.62. The highest BCUT2D eigenvalue weighted by Crippen LogP contribution is 2.33. The van der Waals surface area contributed by atoms with Crippen LogP contribution in [0, 0.1) is 11.8 Å². The molecule has 0 aliphatic carbocycles. The number of rotatable bonds is 17. The van der Waals surface area contributed by atoms with Crippen LogP contribution in [0.3, 0.4) is 0 Å². The van der Waals surface area contributed by atoms with Crippen LogP contribution in [-0.4, -0.2) is 86.4 Å². The standard InChI is InChI=1S/C39H47N3O9S2/c1-26(2)20-42(21-34(43)33(17-27-9-5-3-6-10-27)41-39(45)51-36-23-50-38-31(36)15-16-48-38)53(46,47)30-13-14-35-32(18-30)29(22-49-35)19-40-37(44)25-52-24-28-11-7-4-8-12-28/h3-14,18,22,26,31,33-34,36,38,43H,15-17,19-21,23-25H2,1-2H3,(H,40,44)(H,41,45)/t31-,33-,34+,36-,38+/m0/s1. The molecule has 284 valence electrons. The third-order valence-corrected chi connectivity index (χ3v) is 12.2. The number of aliphatic hydroxyl groups is 1. The third-order valence-electron chi connectivity index (χ3n) is 9.35. The van der Waals surface area contributed by atoms with Crippen LogP contribution in [0.15, 0.2) is 94.4 Å². The van der Waals surface area contributed by atoms with E-state index in [1.165, 1.54) is 28.4 Å². The number of benzene rings is 3. The zero-order valence-corrected chi connectivity index (χ0v) is 31.5. The zero-order valence-electron chi connectivity index (χ0n) is 29.9. The highest BCUT2D eigenvalue weighted by Gasteiger charge is 2.44. The monoisotopic (exact) mass is 765 g/mol. The number of nitrogens with zero attached hydrogens (tertiary/aromatic N) is 1. The minimum absolute atomic E-state index is 0.0202. The molecular weight excluding hydrogens is 719 g/mol. The van der Waals surface area contributed by atoms with E-state index in [1.807, 2.05) is 74.5 Å². The lowest BCUT2D eigenvalue weighted by Crippen LogP contribution is -2.51. The summed E-state index contributed by atoms with van der Waals surface area (Å²) in [7, 11) is -4.14. The van der Waals surface area contributed by atoms with Gasteiger partial charge in [-0.15, -0.1) is 11.8 Å². The Labute approximate surface area is 314 Å². The van der Waals surface area contributed by atoms with E-state index in [2.05, 4.69) is 10.6 Å². The van der Waals surface area contributed by atoms with E-state index in [1.54, 1.807) is 12.1 Å². The Morgan fingerprint density at radius 2 is 1.74 bits per heavy atom. The van der Waals surface area contributed by atoms with Gasteiger partial charge in [-0.3, -0.25) is 4.79 Å². The summed E-state index contributed by atoms with van der Waals surface area (Å²) in [5, 5.41) is 18.0. The van der Waals surface area contributed by atoms with E-state index in [0.717, 1.165) is 17.5 Å². The van der Waals surface area contributed by atoms with Gasteiger partial charge in [0.1, 0.15) is 11.7 Å². The molecule has 0 unspecified atom stereocenters. The summed E-state index contributed by atoms with van der Waals surface area (Å²) in [6.45, 7) is 4.56. The van der Waals surface area contributed by atoms with Crippen LogP contribution in [0.4, 0.5) is 4.79 Å². The van der Waals surface area contributed by atoms with E-state index in [4.69, 9.17) is 18.6 Å². The molecule has 2 aliphatic heterocycles. The van der Waals surface area contributed by atoms with Crippen molar-refractivity contribution >= 4 is 44.8 Å². The summed E-state index contributed by atoms with van der Waals surface area (Å²) in [4.78, 5) is 25.8. The van der Waals surface area contributed by atoms with Gasteiger partial charge in [0.05, 0.1) is 48.2 Å². The van der Waals surface area contributed by atoms with Gasteiger partial charge in [-0.1, -0.05) is 74.5 Å². The lowest BCUT2D eigenvalue weighted by Gasteiger charge is -2.31. The SMILES string of the molecule is CC(C)CN(C[C@@H](O)[C@H](Cc1ccccc1)NC(=O)O[C@H]1CO[C@H]2OCC[C@H]21)S(=O)(=O)c1ccc2occ(CNC(=O)CSCc3ccccc3)c2c1. The molecule has 2 aliphatic rings. The van der Waals surface area contributed by atoms with Gasteiger partial charge in [0.2, 0.25) is 15.9 Å². The molecule has 0 saturated carbocycles. The molecule has 2 fully saturated rings. The van der Waals surface area contributed by atoms with Crippen LogP contribution in [-0.2, 0) is 47.7 Å². The Morgan fingerprint density at radius 3 is 2.47 bits per heavy atom. The van der Waals surface area contributed by atoms with Crippen LogP contribution in [0.1, 0.15) is 37.0 Å². The second-order valence-electron chi connectivity index (χ2n) is 13.9. The molecule has 14 heteroatoms. The van der Waals surface area contributed by atoms with Gasteiger partial charge < -0.3 is 34.4 Å². The van der Waals surface area contributed by atoms with Crippen LogP contribution in [0.2, 0.25) is 0 Å². The molecule has 2 saturated heterocycles. The molecule has 2 amide bonds. The number of carbonyl (C=O) groups is 2. The van der Waals surface area contributed by atoms with Crippen molar-refractivity contribution in [1.82, 2.24) is 14.9 Å². The van der Waals surface area contributed by atoms with Crippen molar-refractivity contribution in [2.45, 2.75) is 68.4 Å². The fourth-order valence-corrected chi connectivity index (χ4v) is 9.09. The van der Waals surface area contributed by atoms with Crippen molar-refractivity contribution in [3.63, 3.8) is 0 Å². The minimum atomic E-state index is -4.14. The first-order valence-electron chi connectivity index (χ1n) is 17.9. The third kappa shape index (κ3) is 10.2. The predicted molar refractivity (Wildman–Crippen MR) is 201 cm³/mol. The van der Waals surface area contributed by atoms with E-state index in [9.17, 15) is 23.1 Å². The molecule has 3 heterocycles. The molecule has 5 atom stereocenters. The summed E-state index contributed by atoms with van der Waals surface area (Å²) in [5.74, 6) is 0.718. The first kappa shape index (κ1) is 38.8. The number of amides is 2. The molecule has 0 radical (unpaired) electrons. The van der Waals surface area contributed by atoms with Crippen LogP contribution in [0.25, 0.3) is 11.0 Å². The Bertz CT molecular complexity index is 1920. The predicted octanol–water partition coefficient (Wildman–Crippen LogP) is 5.09. The number of sulfonamides is 1. The maximum atomic E-state index is 14.3. The number of hydrogen-bond donors (Lipinski definition) is 3. The van der Waals surface area contributed by atoms with Gasteiger partial charge in [-0.2, -0.15) is 4.31 Å². The van der Waals surface area contributed by atoms with E-state index in [-0.39, 0.29) is 61.1 Å². The number of aliphatic hydroxyl groups excluding tert-OH is 1. The molecule has 0 spiro atoms. The molecule has 6 rings (SSSR count). The largest absolute Gasteiger partial charge is 0.464 e. The maximum Gasteiger partial charge on any atom is 0.407 e. The summed E-state index contributed by atoms with van der Waals surface area (Å²) in [5.41, 5.74) is 3.11. The van der Waals surface area contributed by atoms with Gasteiger partial charge in [-0.25, -0.2) is 13.2 Å². The van der Waals surface area contributed by atoms with E-state index < -0.39 is 40.7 Å². The van der Waals surface area contributed by atoms with Gasteiger partial charge in [0.25, 0.3) is 0 Å². The number of nitrogens with one attached hydrogen (secondary N) is 2. The van der Waals surface area contributed by atoms with Gasteiger partial charge in [0, 0.05) is 36.3 Å². The molecule has 1 aromatic heterocycles. The van der Waals surface area contributed by atoms with Crippen LogP contribution >= 0.6 is 11.8 Å². The Kier molecular flexibility index (Phi) is 13.1. The number of hydrogen-bond acceptors (Lipinski definition) is 10. The highest BCUT2D eigenvalue weighted by molar-refractivity contribution is 7.99. The lowest BCUT2D eigenvalue weighted by atomic mass is 10.0. The summed E-state index contributed by atoms with van der Waals surface area (Å²) in [6, 6.07) is 23.0. The van der Waals surface area contributed by atoms with Crippen molar-refractivity contribution in [2.24, 2.45) is 11.8 Å². The van der Waals surface area contributed by atoms with Crippen molar-refractivity contribution in [3.8, 4) is 0 Å². The minimum Gasteiger partial charge on any atom is -0.464 e. The van der Waals surface area contributed by atoms with Crippen LogP contribution in [0.5, 0.6) is 0 Å². The smallest absolute Gasteiger partial charge is 0.407 e. The van der Waals surface area contributed by atoms with Gasteiger partial charge in [-0.05, 0) is 48.1 Å². The van der Waals surface area contributed by atoms with Crippen molar-refractivity contribution in [3.05, 3.63) is 102 Å². The summed E-state index contributed by atoms with van der Waals surface area (Å²) < 4.78 is 52.4. The Balaban J connectivity index is 1.14. The van der Waals surface area contributed by atoms with Crippen molar-refractivity contribution < 1.29 is 41.7 Å². The first-order chi connectivity index (χ1) is 25.6. The van der Waals surface area contributed by atoms with Gasteiger partial charge >= 0.3 is 6.09 Å². The molecule has 3 N–H and O–H groups in total. The van der Waals surface area contributed by atoms with E-state index >= 15 is 0 Å². The van der Waals surface area contributed by atoms with Crippen LogP contribution < -0.4 is 10.6 Å². The Hall–Kier alpha value is -3.92. The quantitative estimate of drug-likeness (QED) is 0.132.